The van der Waals surface area contributed by atoms with Gasteiger partial charge in [0, 0.05) is 0 Å². The third-order valence-corrected chi connectivity index (χ3v) is 15.4. The van der Waals surface area contributed by atoms with Gasteiger partial charge in [-0.15, -0.1) is 0 Å². The van der Waals surface area contributed by atoms with Crippen molar-refractivity contribution in [3.63, 3.8) is 0 Å². The van der Waals surface area contributed by atoms with Crippen LogP contribution in [0.1, 0.15) is 17.5 Å². The van der Waals surface area contributed by atoms with Gasteiger partial charge in [-0.2, -0.15) is 0 Å². The molecule has 1 heterocycles. The van der Waals surface area contributed by atoms with Gasteiger partial charge in [0.1, 0.15) is 0 Å². The molecule has 0 unspecified atom stereocenters. The summed E-state index contributed by atoms with van der Waals surface area (Å²) in [5, 5.41) is 0. The Morgan fingerprint density at radius 1 is 0.778 bits per heavy atom. The molecule has 0 spiro atoms. The molecule has 0 radical (unpaired) electrons. The zero-order valence-corrected chi connectivity index (χ0v) is 14.7. The SMILES string of the molecule is c1ccc(C(=C2CC[Te][Te]2)c2ccccc2)cc1. The summed E-state index contributed by atoms with van der Waals surface area (Å²) in [5.74, 6) is 0. The second kappa shape index (κ2) is 6.27. The van der Waals surface area contributed by atoms with E-state index in [4.69, 9.17) is 0 Å². The van der Waals surface area contributed by atoms with Crippen LogP contribution < -0.4 is 0 Å². The van der Waals surface area contributed by atoms with Crippen molar-refractivity contribution in [3.8, 4) is 0 Å². The fourth-order valence-corrected chi connectivity index (χ4v) is 15.4. The molecule has 2 aromatic carbocycles. The van der Waals surface area contributed by atoms with Gasteiger partial charge in [0.05, 0.1) is 0 Å². The Labute approximate surface area is 125 Å². The molecule has 1 fully saturated rings. The van der Waals surface area contributed by atoms with Crippen LogP contribution in [-0.4, -0.2) is 34.1 Å². The average Bonchev–Trinajstić information content (AvgIpc) is 2.95. The molecule has 0 amide bonds. The summed E-state index contributed by atoms with van der Waals surface area (Å²) in [4.78, 5) is 0. The average molecular weight is 461 g/mol. The molecule has 1 aliphatic rings. The molecule has 0 aromatic heterocycles. The zero-order chi connectivity index (χ0) is 12.2. The van der Waals surface area contributed by atoms with Crippen LogP contribution in [-0.2, 0) is 0 Å². The molecular weight excluding hydrogens is 447 g/mol. The second-order valence-electron chi connectivity index (χ2n) is 4.19. The standard InChI is InChI=1S/C16H14Te2/c1-3-7-13(8-4-1)16(15-11-12-17-18-15)14-9-5-2-6-10-14/h1-10H,11-12H2. The molecule has 1 aliphatic heterocycles. The van der Waals surface area contributed by atoms with Crippen LogP contribution >= 0.6 is 0 Å². The fourth-order valence-electron chi connectivity index (χ4n) is 2.15. The van der Waals surface area contributed by atoms with E-state index in [-0.39, 0.29) is 17.1 Å². The van der Waals surface area contributed by atoms with Crippen LogP contribution in [0.2, 0.25) is 4.47 Å². The minimum atomic E-state index is 0.212. The van der Waals surface area contributed by atoms with Gasteiger partial charge in [-0.25, -0.2) is 0 Å². The fraction of sp³-hybridized carbons (Fsp3) is 0.125. The van der Waals surface area contributed by atoms with Crippen molar-refractivity contribution in [1.29, 1.82) is 0 Å². The molecule has 0 saturated carbocycles. The number of rotatable bonds is 2. The normalized spacial score (nSPS) is 14.8. The van der Waals surface area contributed by atoms with Gasteiger partial charge in [0.15, 0.2) is 0 Å². The first-order valence-corrected chi connectivity index (χ1v) is 16.2. The van der Waals surface area contributed by atoms with Crippen molar-refractivity contribution < 1.29 is 0 Å². The van der Waals surface area contributed by atoms with Gasteiger partial charge >= 0.3 is 126 Å². The van der Waals surface area contributed by atoms with E-state index in [1.807, 2.05) is 3.62 Å². The van der Waals surface area contributed by atoms with E-state index in [1.165, 1.54) is 22.0 Å². The summed E-state index contributed by atoms with van der Waals surface area (Å²) in [6.07, 6.45) is 1.38. The van der Waals surface area contributed by atoms with Crippen LogP contribution in [0, 0.1) is 0 Å². The molecule has 18 heavy (non-hydrogen) atoms. The van der Waals surface area contributed by atoms with Crippen molar-refractivity contribution >= 4 is 39.7 Å². The van der Waals surface area contributed by atoms with Crippen LogP contribution in [0.25, 0.3) is 5.57 Å². The van der Waals surface area contributed by atoms with Gasteiger partial charge in [-0.05, 0) is 0 Å². The summed E-state index contributed by atoms with van der Waals surface area (Å²) >= 11 is 0.602. The van der Waals surface area contributed by atoms with Crippen LogP contribution in [0.5, 0.6) is 0 Å². The van der Waals surface area contributed by atoms with Gasteiger partial charge in [-0.3, -0.25) is 0 Å². The first-order valence-electron chi connectivity index (χ1n) is 6.08. The van der Waals surface area contributed by atoms with Crippen LogP contribution in [0.3, 0.4) is 0 Å². The minimum absolute atomic E-state index is 0.212. The van der Waals surface area contributed by atoms with Gasteiger partial charge < -0.3 is 0 Å². The van der Waals surface area contributed by atoms with Crippen molar-refractivity contribution in [1.82, 2.24) is 0 Å². The second-order valence-corrected chi connectivity index (χ2v) is 15.6. The number of benzene rings is 2. The van der Waals surface area contributed by atoms with Gasteiger partial charge in [0.25, 0.3) is 0 Å². The summed E-state index contributed by atoms with van der Waals surface area (Å²) in [5.41, 5.74) is 4.39. The number of allylic oxidation sites excluding steroid dienone is 1. The number of hydrogen-bond acceptors (Lipinski definition) is 0. The Hall–Kier alpha value is -0.241. The summed E-state index contributed by atoms with van der Waals surface area (Å²) < 4.78 is 3.35. The van der Waals surface area contributed by atoms with Crippen molar-refractivity contribution in [2.75, 3.05) is 0 Å². The molecule has 2 heteroatoms. The predicted molar refractivity (Wildman–Crippen MR) is 79.8 cm³/mol. The predicted octanol–water partition coefficient (Wildman–Crippen LogP) is 3.59. The molecule has 0 bridgehead atoms. The van der Waals surface area contributed by atoms with E-state index in [2.05, 4.69) is 60.7 Å². The van der Waals surface area contributed by atoms with Crippen molar-refractivity contribution in [2.24, 2.45) is 0 Å². The summed E-state index contributed by atoms with van der Waals surface area (Å²) in [7, 11) is 0. The Balaban J connectivity index is 2.14. The first kappa shape index (κ1) is 12.8. The molecule has 0 N–H and O–H groups in total. The topological polar surface area (TPSA) is 0 Å². The maximum absolute atomic E-state index is 2.27. The third kappa shape index (κ3) is 2.84. The molecule has 3 rings (SSSR count). The van der Waals surface area contributed by atoms with Crippen molar-refractivity contribution in [3.05, 3.63) is 75.4 Å². The Morgan fingerprint density at radius 2 is 1.33 bits per heavy atom. The molecular formula is C16H14Te2. The van der Waals surface area contributed by atoms with Crippen LogP contribution in [0.15, 0.2) is 64.3 Å². The van der Waals surface area contributed by atoms with E-state index >= 15 is 0 Å². The molecule has 0 nitrogen and oxygen atoms in total. The van der Waals surface area contributed by atoms with E-state index in [1.54, 1.807) is 5.57 Å². The summed E-state index contributed by atoms with van der Waals surface area (Å²) in [6, 6.07) is 21.9. The van der Waals surface area contributed by atoms with Gasteiger partial charge in [0.2, 0.25) is 0 Å². The quantitative estimate of drug-likeness (QED) is 0.600. The third-order valence-electron chi connectivity index (χ3n) is 2.98. The van der Waals surface area contributed by atoms with Crippen molar-refractivity contribution in [2.45, 2.75) is 10.9 Å². The Bertz CT molecular complexity index is 494. The van der Waals surface area contributed by atoms with Gasteiger partial charge in [-0.1, -0.05) is 0 Å². The Morgan fingerprint density at radius 3 is 1.78 bits per heavy atom. The molecule has 0 atom stereocenters. The molecule has 1 saturated heterocycles. The molecule has 0 aliphatic carbocycles. The van der Waals surface area contributed by atoms with E-state index in [0.717, 1.165) is 0 Å². The Kier molecular flexibility index (Phi) is 4.45. The monoisotopic (exact) mass is 466 g/mol. The van der Waals surface area contributed by atoms with Crippen LogP contribution in [0.4, 0.5) is 0 Å². The van der Waals surface area contributed by atoms with E-state index < -0.39 is 0 Å². The molecule has 2 aromatic rings. The first-order chi connectivity index (χ1) is 8.95. The molecule has 90 valence electrons. The zero-order valence-electron chi connectivity index (χ0n) is 10.0. The van der Waals surface area contributed by atoms with E-state index in [9.17, 15) is 0 Å². The summed E-state index contributed by atoms with van der Waals surface area (Å²) in [6.45, 7) is 0. The van der Waals surface area contributed by atoms with E-state index in [0.29, 0.717) is 17.1 Å². The number of hydrogen-bond donors (Lipinski definition) is 0. The maximum atomic E-state index is 2.27.